The predicted molar refractivity (Wildman–Crippen MR) is 46.8 cm³/mol. The zero-order chi connectivity index (χ0) is 8.69. The van der Waals surface area contributed by atoms with Crippen molar-refractivity contribution in [2.75, 3.05) is 0 Å². The number of unbranched alkanes of at least 4 members (excludes halogenated alkanes) is 1. The Bertz CT molecular complexity index is 191. The maximum absolute atomic E-state index is 12.8. The van der Waals surface area contributed by atoms with Crippen LogP contribution in [0.1, 0.15) is 40.0 Å². The van der Waals surface area contributed by atoms with E-state index < -0.39 is 0 Å². The van der Waals surface area contributed by atoms with Crippen molar-refractivity contribution in [2.24, 2.45) is 0 Å². The molecule has 0 nitrogen and oxygen atoms in total. The fraction of sp³-hybridized carbons (Fsp3) is 0.600. The fourth-order valence-electron chi connectivity index (χ4n) is 0.768. The molecule has 1 heteroatoms. The van der Waals surface area contributed by atoms with Crippen LogP contribution < -0.4 is 0 Å². The van der Waals surface area contributed by atoms with E-state index in [0.29, 0.717) is 0 Å². The molecule has 0 saturated heterocycles. The number of halogens is 1. The van der Waals surface area contributed by atoms with E-state index in [1.54, 1.807) is 13.8 Å². The van der Waals surface area contributed by atoms with E-state index in [-0.39, 0.29) is 5.83 Å². The summed E-state index contributed by atoms with van der Waals surface area (Å²) in [6.45, 7) is 5.54. The molecule has 0 aliphatic rings. The first-order valence-corrected chi connectivity index (χ1v) is 4.00. The molecule has 0 bridgehead atoms. The molecule has 0 heterocycles. The second-order valence-electron chi connectivity index (χ2n) is 2.57. The van der Waals surface area contributed by atoms with Gasteiger partial charge >= 0.3 is 0 Å². The molecule has 0 spiro atoms. The van der Waals surface area contributed by atoms with E-state index in [1.165, 1.54) is 0 Å². The van der Waals surface area contributed by atoms with Crippen molar-refractivity contribution >= 4 is 0 Å². The van der Waals surface area contributed by atoms with Gasteiger partial charge in [0.25, 0.3) is 0 Å². The van der Waals surface area contributed by atoms with Gasteiger partial charge in [-0.2, -0.15) is 4.39 Å². The minimum absolute atomic E-state index is 0.249. The summed E-state index contributed by atoms with van der Waals surface area (Å²) in [6.07, 6.45) is 2.98. The quantitative estimate of drug-likeness (QED) is 0.546. The van der Waals surface area contributed by atoms with Crippen LogP contribution in [0.2, 0.25) is 0 Å². The normalized spacial score (nSPS) is 11.6. The van der Waals surface area contributed by atoms with Gasteiger partial charge in [-0.05, 0) is 38.2 Å². The van der Waals surface area contributed by atoms with Crippen LogP contribution >= 0.6 is 0 Å². The van der Waals surface area contributed by atoms with Gasteiger partial charge in [-0.15, -0.1) is 0 Å². The van der Waals surface area contributed by atoms with Gasteiger partial charge in [0, 0.05) is 0 Å². The third-order valence-corrected chi connectivity index (χ3v) is 1.51. The van der Waals surface area contributed by atoms with Crippen LogP contribution in [0.25, 0.3) is 0 Å². The van der Waals surface area contributed by atoms with Gasteiger partial charge in [0.2, 0.25) is 0 Å². The third-order valence-electron chi connectivity index (χ3n) is 1.51. The van der Waals surface area contributed by atoms with Crippen molar-refractivity contribution in [1.29, 1.82) is 0 Å². The molecule has 11 heavy (non-hydrogen) atoms. The molecule has 0 saturated carbocycles. The molecule has 0 aromatic rings. The van der Waals surface area contributed by atoms with Crippen molar-refractivity contribution in [3.8, 4) is 11.8 Å². The Balaban J connectivity index is 4.01. The molecule has 0 aliphatic carbocycles. The summed E-state index contributed by atoms with van der Waals surface area (Å²) in [6, 6.07) is 0. The van der Waals surface area contributed by atoms with Crippen molar-refractivity contribution in [3.63, 3.8) is 0 Å². The molecule has 0 aromatic heterocycles. The topological polar surface area (TPSA) is 0 Å². The van der Waals surface area contributed by atoms with Gasteiger partial charge in [0.15, 0.2) is 5.83 Å². The molecular formula is C10H15F. The number of allylic oxidation sites excluding steroid dienone is 2. The summed E-state index contributed by atoms with van der Waals surface area (Å²) >= 11 is 0. The predicted octanol–water partition coefficient (Wildman–Crippen LogP) is 3.44. The Morgan fingerprint density at radius 2 is 2.09 bits per heavy atom. The van der Waals surface area contributed by atoms with Gasteiger partial charge in [-0.3, -0.25) is 0 Å². The molecule has 0 amide bonds. The Morgan fingerprint density at radius 1 is 1.45 bits per heavy atom. The van der Waals surface area contributed by atoms with E-state index >= 15 is 0 Å². The van der Waals surface area contributed by atoms with Gasteiger partial charge in [0.1, 0.15) is 0 Å². The highest BCUT2D eigenvalue weighted by Gasteiger charge is 1.96. The van der Waals surface area contributed by atoms with Gasteiger partial charge in [0.05, 0.1) is 0 Å². The van der Waals surface area contributed by atoms with Crippen LogP contribution in [0.4, 0.5) is 4.39 Å². The molecule has 0 aromatic carbocycles. The number of rotatable bonds is 3. The Kier molecular flexibility index (Phi) is 5.56. The smallest absolute Gasteiger partial charge is 0.172 e. The molecule has 62 valence electrons. The van der Waals surface area contributed by atoms with E-state index in [4.69, 9.17) is 0 Å². The first-order valence-electron chi connectivity index (χ1n) is 4.00. The van der Waals surface area contributed by atoms with Crippen LogP contribution in [0.5, 0.6) is 0 Å². The van der Waals surface area contributed by atoms with E-state index in [9.17, 15) is 4.39 Å². The molecule has 0 aliphatic heterocycles. The third kappa shape index (κ3) is 4.61. The summed E-state index contributed by atoms with van der Waals surface area (Å²) in [5, 5.41) is 0. The summed E-state index contributed by atoms with van der Waals surface area (Å²) < 4.78 is 12.8. The molecule has 0 atom stereocenters. The molecule has 0 rings (SSSR count). The standard InChI is InChI=1S/C10H15F/c1-4-6-8-9(3)10(11)7-5-2/h4,6,8H2,1-3H3/b10-9+. The zero-order valence-corrected chi connectivity index (χ0v) is 7.50. The Morgan fingerprint density at radius 3 is 2.55 bits per heavy atom. The summed E-state index contributed by atoms with van der Waals surface area (Å²) in [5.41, 5.74) is 0.779. The minimum Gasteiger partial charge on any atom is -0.197 e. The lowest BCUT2D eigenvalue weighted by Crippen LogP contribution is -1.80. The van der Waals surface area contributed by atoms with Crippen LogP contribution in [0.15, 0.2) is 11.4 Å². The molecular weight excluding hydrogens is 139 g/mol. The number of hydrogen-bond donors (Lipinski definition) is 0. The summed E-state index contributed by atoms with van der Waals surface area (Å²) in [4.78, 5) is 0. The van der Waals surface area contributed by atoms with Crippen molar-refractivity contribution in [1.82, 2.24) is 0 Å². The SMILES string of the molecule is CC#C/C(F)=C(/C)CCCC. The van der Waals surface area contributed by atoms with E-state index in [1.807, 2.05) is 0 Å². The highest BCUT2D eigenvalue weighted by Crippen LogP contribution is 2.11. The van der Waals surface area contributed by atoms with Crippen molar-refractivity contribution in [2.45, 2.75) is 40.0 Å². The van der Waals surface area contributed by atoms with Crippen LogP contribution in [-0.2, 0) is 0 Å². The van der Waals surface area contributed by atoms with Crippen LogP contribution in [0, 0.1) is 11.8 Å². The second kappa shape index (κ2) is 5.97. The first-order chi connectivity index (χ1) is 5.22. The molecule has 0 fully saturated rings. The van der Waals surface area contributed by atoms with Crippen molar-refractivity contribution in [3.05, 3.63) is 11.4 Å². The van der Waals surface area contributed by atoms with Crippen molar-refractivity contribution < 1.29 is 4.39 Å². The van der Waals surface area contributed by atoms with Crippen LogP contribution in [-0.4, -0.2) is 0 Å². The van der Waals surface area contributed by atoms with Crippen LogP contribution in [0.3, 0.4) is 0 Å². The Hall–Kier alpha value is -0.770. The zero-order valence-electron chi connectivity index (χ0n) is 7.50. The lowest BCUT2D eigenvalue weighted by molar-refractivity contribution is 0.645. The van der Waals surface area contributed by atoms with Gasteiger partial charge in [-0.1, -0.05) is 19.3 Å². The summed E-state index contributed by atoms with van der Waals surface area (Å²) in [5.74, 6) is 4.71. The lowest BCUT2D eigenvalue weighted by Gasteiger charge is -1.97. The van der Waals surface area contributed by atoms with E-state index in [0.717, 1.165) is 24.8 Å². The minimum atomic E-state index is -0.249. The highest BCUT2D eigenvalue weighted by atomic mass is 19.1. The Labute approximate surface area is 68.5 Å². The fourth-order valence-corrected chi connectivity index (χ4v) is 0.768. The molecule has 0 N–H and O–H groups in total. The number of hydrogen-bond acceptors (Lipinski definition) is 0. The highest BCUT2D eigenvalue weighted by molar-refractivity contribution is 5.26. The lowest BCUT2D eigenvalue weighted by atomic mass is 10.1. The molecule has 0 unspecified atom stereocenters. The monoisotopic (exact) mass is 154 g/mol. The maximum atomic E-state index is 12.8. The molecule has 0 radical (unpaired) electrons. The second-order valence-corrected chi connectivity index (χ2v) is 2.57. The van der Waals surface area contributed by atoms with Gasteiger partial charge < -0.3 is 0 Å². The van der Waals surface area contributed by atoms with E-state index in [2.05, 4.69) is 18.8 Å². The maximum Gasteiger partial charge on any atom is 0.172 e. The summed E-state index contributed by atoms with van der Waals surface area (Å²) in [7, 11) is 0. The van der Waals surface area contributed by atoms with Gasteiger partial charge in [-0.25, -0.2) is 0 Å². The largest absolute Gasteiger partial charge is 0.197 e. The average molecular weight is 154 g/mol. The first kappa shape index (κ1) is 10.2. The average Bonchev–Trinajstić information content (AvgIpc) is 2.00.